The summed E-state index contributed by atoms with van der Waals surface area (Å²) in [4.78, 5) is 11.6. The largest absolute Gasteiger partial charge is 0.334 e. The van der Waals surface area contributed by atoms with E-state index in [0.717, 1.165) is 18.7 Å². The van der Waals surface area contributed by atoms with Crippen LogP contribution in [0.1, 0.15) is 11.1 Å². The van der Waals surface area contributed by atoms with Crippen LogP contribution in [-0.4, -0.2) is 6.03 Å². The Morgan fingerprint density at radius 3 is 1.78 bits per heavy atom. The number of halogens is 2. The second kappa shape index (κ2) is 6.70. The maximum atomic E-state index is 11.6. The van der Waals surface area contributed by atoms with Crippen LogP contribution in [0, 0.1) is 0 Å². The van der Waals surface area contributed by atoms with Crippen LogP contribution < -0.4 is 10.6 Å². The van der Waals surface area contributed by atoms with Crippen molar-refractivity contribution < 1.29 is 4.79 Å². The predicted octanol–water partition coefficient (Wildman–Crippen LogP) is 4.33. The molecule has 7 heteroatoms. The SMILES string of the molecule is O=C(NCc1csc(Br)c1)NCc1csc(Br)c1. The van der Waals surface area contributed by atoms with Crippen molar-refractivity contribution in [3.05, 3.63) is 41.6 Å². The van der Waals surface area contributed by atoms with Crippen molar-refractivity contribution in [2.45, 2.75) is 13.1 Å². The minimum atomic E-state index is -0.153. The lowest BCUT2D eigenvalue weighted by Gasteiger charge is -2.05. The lowest BCUT2D eigenvalue weighted by Crippen LogP contribution is -2.34. The van der Waals surface area contributed by atoms with Gasteiger partial charge >= 0.3 is 6.03 Å². The zero-order valence-electron chi connectivity index (χ0n) is 9.20. The maximum absolute atomic E-state index is 11.6. The third-order valence-corrected chi connectivity index (χ3v) is 5.26. The summed E-state index contributed by atoms with van der Waals surface area (Å²) in [6.07, 6.45) is 0. The highest BCUT2D eigenvalue weighted by Gasteiger charge is 2.03. The smallest absolute Gasteiger partial charge is 0.315 e. The average molecular weight is 410 g/mol. The lowest BCUT2D eigenvalue weighted by atomic mass is 10.3. The lowest BCUT2D eigenvalue weighted by molar-refractivity contribution is 0.240. The number of thiophene rings is 2. The fourth-order valence-electron chi connectivity index (χ4n) is 1.30. The van der Waals surface area contributed by atoms with Gasteiger partial charge < -0.3 is 10.6 Å². The van der Waals surface area contributed by atoms with Gasteiger partial charge in [-0.3, -0.25) is 0 Å². The Hall–Kier alpha value is -0.370. The molecule has 0 atom stereocenters. The molecule has 0 radical (unpaired) electrons. The monoisotopic (exact) mass is 408 g/mol. The Morgan fingerprint density at radius 1 is 1.00 bits per heavy atom. The quantitative estimate of drug-likeness (QED) is 0.774. The molecule has 96 valence electrons. The number of hydrogen-bond acceptors (Lipinski definition) is 3. The fourth-order valence-corrected chi connectivity index (χ4v) is 3.72. The number of nitrogens with one attached hydrogen (secondary N) is 2. The normalized spacial score (nSPS) is 10.3. The Morgan fingerprint density at radius 2 is 1.44 bits per heavy atom. The van der Waals surface area contributed by atoms with Crippen molar-refractivity contribution in [3.63, 3.8) is 0 Å². The van der Waals surface area contributed by atoms with E-state index >= 15 is 0 Å². The first-order chi connectivity index (χ1) is 8.63. The fraction of sp³-hybridized carbons (Fsp3) is 0.182. The first-order valence-corrected chi connectivity index (χ1v) is 8.45. The molecule has 2 aromatic heterocycles. The summed E-state index contributed by atoms with van der Waals surface area (Å²) in [6, 6.07) is 3.85. The molecule has 2 amide bonds. The van der Waals surface area contributed by atoms with E-state index in [9.17, 15) is 4.79 Å². The number of carbonyl (C=O) groups is 1. The van der Waals surface area contributed by atoms with E-state index in [2.05, 4.69) is 42.5 Å². The highest BCUT2D eigenvalue weighted by molar-refractivity contribution is 9.11. The molecule has 0 aliphatic rings. The highest BCUT2D eigenvalue weighted by atomic mass is 79.9. The standard InChI is InChI=1S/C11H10Br2N2OS2/c12-9-1-7(5-17-9)3-14-11(16)15-4-8-2-10(13)18-6-8/h1-2,5-6H,3-4H2,(H2,14,15,16). The minimum absolute atomic E-state index is 0.153. The zero-order chi connectivity index (χ0) is 13.0. The Kier molecular flexibility index (Phi) is 5.23. The van der Waals surface area contributed by atoms with Crippen LogP contribution in [0.15, 0.2) is 30.5 Å². The first-order valence-electron chi connectivity index (χ1n) is 5.11. The summed E-state index contributed by atoms with van der Waals surface area (Å²) in [5.41, 5.74) is 2.20. The summed E-state index contributed by atoms with van der Waals surface area (Å²) < 4.78 is 2.14. The summed E-state index contributed by atoms with van der Waals surface area (Å²) in [7, 11) is 0. The maximum Gasteiger partial charge on any atom is 0.315 e. The number of urea groups is 1. The van der Waals surface area contributed by atoms with Crippen LogP contribution in [0.5, 0.6) is 0 Å². The van der Waals surface area contributed by atoms with Gasteiger partial charge in [0.1, 0.15) is 0 Å². The van der Waals surface area contributed by atoms with Crippen LogP contribution in [-0.2, 0) is 13.1 Å². The molecule has 3 nitrogen and oxygen atoms in total. The Bertz CT molecular complexity index is 492. The molecule has 0 saturated heterocycles. The van der Waals surface area contributed by atoms with E-state index in [0.29, 0.717) is 13.1 Å². The van der Waals surface area contributed by atoms with E-state index in [1.807, 2.05) is 22.9 Å². The summed E-state index contributed by atoms with van der Waals surface area (Å²) >= 11 is 10.00. The van der Waals surface area contributed by atoms with Crippen molar-refractivity contribution in [1.29, 1.82) is 0 Å². The van der Waals surface area contributed by atoms with Gasteiger partial charge in [0, 0.05) is 13.1 Å². The molecular formula is C11H10Br2N2OS2. The van der Waals surface area contributed by atoms with Crippen LogP contribution in [0.25, 0.3) is 0 Å². The first kappa shape index (κ1) is 14.0. The van der Waals surface area contributed by atoms with Crippen LogP contribution in [0.2, 0.25) is 0 Å². The molecule has 0 bridgehead atoms. The van der Waals surface area contributed by atoms with Gasteiger partial charge in [-0.05, 0) is 65.9 Å². The molecule has 0 aromatic carbocycles. The van der Waals surface area contributed by atoms with Gasteiger partial charge in [-0.1, -0.05) is 0 Å². The molecule has 0 aliphatic heterocycles. The van der Waals surface area contributed by atoms with E-state index < -0.39 is 0 Å². The van der Waals surface area contributed by atoms with Crippen molar-refractivity contribution in [2.24, 2.45) is 0 Å². The average Bonchev–Trinajstić information content (AvgIpc) is 2.93. The number of rotatable bonds is 4. The second-order valence-corrected chi connectivity index (χ2v) is 8.14. The molecule has 2 aromatic rings. The molecule has 18 heavy (non-hydrogen) atoms. The van der Waals surface area contributed by atoms with Gasteiger partial charge in [0.05, 0.1) is 7.57 Å². The Labute approximate surface area is 130 Å². The summed E-state index contributed by atoms with van der Waals surface area (Å²) in [5, 5.41) is 9.66. The van der Waals surface area contributed by atoms with E-state index in [4.69, 9.17) is 0 Å². The molecule has 2 rings (SSSR count). The van der Waals surface area contributed by atoms with Gasteiger partial charge in [0.2, 0.25) is 0 Å². The topological polar surface area (TPSA) is 41.1 Å². The van der Waals surface area contributed by atoms with Crippen molar-refractivity contribution in [2.75, 3.05) is 0 Å². The molecular weight excluding hydrogens is 400 g/mol. The number of carbonyl (C=O) groups excluding carboxylic acids is 1. The zero-order valence-corrected chi connectivity index (χ0v) is 14.0. The molecule has 0 unspecified atom stereocenters. The third kappa shape index (κ3) is 4.38. The molecule has 0 spiro atoms. The van der Waals surface area contributed by atoms with Crippen molar-refractivity contribution in [1.82, 2.24) is 10.6 Å². The van der Waals surface area contributed by atoms with Gasteiger partial charge in [-0.15, -0.1) is 22.7 Å². The van der Waals surface area contributed by atoms with E-state index in [1.165, 1.54) is 0 Å². The second-order valence-electron chi connectivity index (χ2n) is 3.55. The summed E-state index contributed by atoms with van der Waals surface area (Å²) in [5.74, 6) is 0. The Balaban J connectivity index is 1.72. The van der Waals surface area contributed by atoms with E-state index in [-0.39, 0.29) is 6.03 Å². The molecule has 0 fully saturated rings. The van der Waals surface area contributed by atoms with Gasteiger partial charge in [-0.25, -0.2) is 4.79 Å². The summed E-state index contributed by atoms with van der Waals surface area (Å²) in [6.45, 7) is 1.09. The molecule has 0 aliphatic carbocycles. The van der Waals surface area contributed by atoms with Gasteiger partial charge in [-0.2, -0.15) is 0 Å². The van der Waals surface area contributed by atoms with Crippen LogP contribution in [0.3, 0.4) is 0 Å². The minimum Gasteiger partial charge on any atom is -0.334 e. The number of amides is 2. The van der Waals surface area contributed by atoms with E-state index in [1.54, 1.807) is 22.7 Å². The predicted molar refractivity (Wildman–Crippen MR) is 83.1 cm³/mol. The molecule has 2 N–H and O–H groups in total. The molecule has 2 heterocycles. The van der Waals surface area contributed by atoms with Crippen molar-refractivity contribution >= 4 is 60.6 Å². The van der Waals surface area contributed by atoms with Gasteiger partial charge in [0.25, 0.3) is 0 Å². The van der Waals surface area contributed by atoms with Gasteiger partial charge in [0.15, 0.2) is 0 Å². The number of hydrogen-bond donors (Lipinski definition) is 2. The van der Waals surface area contributed by atoms with Crippen LogP contribution in [0.4, 0.5) is 4.79 Å². The third-order valence-electron chi connectivity index (χ3n) is 2.15. The van der Waals surface area contributed by atoms with Crippen LogP contribution >= 0.6 is 54.5 Å². The highest BCUT2D eigenvalue weighted by Crippen LogP contribution is 2.21. The molecule has 0 saturated carbocycles. The van der Waals surface area contributed by atoms with Crippen molar-refractivity contribution in [3.8, 4) is 0 Å².